The van der Waals surface area contributed by atoms with Gasteiger partial charge in [-0.3, -0.25) is 4.79 Å². The molecule has 0 bridgehead atoms. The van der Waals surface area contributed by atoms with Crippen molar-refractivity contribution in [3.05, 3.63) is 81.5 Å². The van der Waals surface area contributed by atoms with Gasteiger partial charge in [-0.2, -0.15) is 5.10 Å². The van der Waals surface area contributed by atoms with Crippen LogP contribution in [-0.4, -0.2) is 24.7 Å². The molecular weight excluding hydrogens is 400 g/mol. The van der Waals surface area contributed by atoms with Crippen LogP contribution in [0.1, 0.15) is 15.2 Å². The van der Waals surface area contributed by atoms with Crippen LogP contribution in [0.4, 0.5) is 0 Å². The van der Waals surface area contributed by atoms with Crippen LogP contribution in [-0.2, 0) is 4.79 Å². The van der Waals surface area contributed by atoms with Crippen LogP contribution in [0.15, 0.2) is 71.1 Å². The van der Waals surface area contributed by atoms with Crippen LogP contribution < -0.4 is 14.9 Å². The highest BCUT2D eigenvalue weighted by Gasteiger charge is 2.09. The number of esters is 1. The Morgan fingerprint density at radius 2 is 1.96 bits per heavy atom. The molecule has 3 aromatic rings. The number of ether oxygens (including phenoxy) is 2. The minimum Gasteiger partial charge on any atom is -0.482 e. The molecule has 1 N–H and O–H groups in total. The molecule has 2 aromatic carbocycles. The number of hydrazone groups is 1. The summed E-state index contributed by atoms with van der Waals surface area (Å²) in [6.07, 6.45) is 1.44. The second kappa shape index (κ2) is 9.68. The fraction of sp³-hybridized carbons (Fsp3) is 0.0500. The zero-order chi connectivity index (χ0) is 19.8. The maximum atomic E-state index is 12.0. The topological polar surface area (TPSA) is 77.0 Å². The highest BCUT2D eigenvalue weighted by atomic mass is 35.5. The van der Waals surface area contributed by atoms with Crippen LogP contribution in [0.3, 0.4) is 0 Å². The van der Waals surface area contributed by atoms with E-state index in [0.29, 0.717) is 27.0 Å². The Hall–Kier alpha value is -3.16. The van der Waals surface area contributed by atoms with Crippen molar-refractivity contribution in [2.75, 3.05) is 6.61 Å². The van der Waals surface area contributed by atoms with Gasteiger partial charge in [0.25, 0.3) is 5.91 Å². The van der Waals surface area contributed by atoms with Crippen molar-refractivity contribution >= 4 is 41.0 Å². The van der Waals surface area contributed by atoms with Gasteiger partial charge in [0.2, 0.25) is 0 Å². The van der Waals surface area contributed by atoms with Gasteiger partial charge in [-0.1, -0.05) is 41.9 Å². The van der Waals surface area contributed by atoms with Gasteiger partial charge in [0.15, 0.2) is 6.61 Å². The minimum atomic E-state index is -0.434. The Morgan fingerprint density at radius 1 is 1.11 bits per heavy atom. The molecule has 3 rings (SSSR count). The number of carbonyl (C=O) groups excluding carboxylic acids is 2. The molecule has 0 aliphatic carbocycles. The van der Waals surface area contributed by atoms with E-state index < -0.39 is 11.9 Å². The predicted octanol–water partition coefficient (Wildman–Crippen LogP) is 4.15. The van der Waals surface area contributed by atoms with E-state index in [9.17, 15) is 9.59 Å². The third-order valence-corrected chi connectivity index (χ3v) is 4.55. The number of rotatable bonds is 7. The largest absolute Gasteiger partial charge is 0.482 e. The van der Waals surface area contributed by atoms with Crippen molar-refractivity contribution in [1.29, 1.82) is 0 Å². The fourth-order valence-electron chi connectivity index (χ4n) is 2.13. The van der Waals surface area contributed by atoms with Crippen molar-refractivity contribution in [1.82, 2.24) is 5.43 Å². The molecule has 0 spiro atoms. The smallest absolute Gasteiger partial charge is 0.353 e. The molecule has 1 amide bonds. The van der Waals surface area contributed by atoms with Crippen LogP contribution >= 0.6 is 22.9 Å². The first-order valence-electron chi connectivity index (χ1n) is 8.17. The first-order valence-corrected chi connectivity index (χ1v) is 9.42. The Kier molecular flexibility index (Phi) is 6.78. The highest BCUT2D eigenvalue weighted by molar-refractivity contribution is 7.12. The zero-order valence-corrected chi connectivity index (χ0v) is 16.1. The molecular formula is C20H15ClN2O4S. The number of nitrogens with zero attached hydrogens (tertiary/aromatic N) is 1. The second-order valence-electron chi connectivity index (χ2n) is 5.45. The number of amides is 1. The number of hydrogen-bond acceptors (Lipinski definition) is 6. The van der Waals surface area contributed by atoms with Crippen molar-refractivity contribution in [2.45, 2.75) is 0 Å². The van der Waals surface area contributed by atoms with Crippen LogP contribution in [0.25, 0.3) is 0 Å². The average Bonchev–Trinajstić information content (AvgIpc) is 3.23. The Morgan fingerprint density at radius 3 is 2.75 bits per heavy atom. The molecule has 0 unspecified atom stereocenters. The van der Waals surface area contributed by atoms with E-state index >= 15 is 0 Å². The summed E-state index contributed by atoms with van der Waals surface area (Å²) in [6.45, 7) is -0.223. The lowest BCUT2D eigenvalue weighted by molar-refractivity contribution is -0.123. The number of thiophene rings is 1. The third kappa shape index (κ3) is 5.67. The average molecular weight is 415 g/mol. The summed E-state index contributed by atoms with van der Waals surface area (Å²) < 4.78 is 10.6. The van der Waals surface area contributed by atoms with Crippen molar-refractivity contribution in [3.8, 4) is 11.5 Å². The lowest BCUT2D eigenvalue weighted by Gasteiger charge is -2.06. The molecule has 0 radical (unpaired) electrons. The lowest BCUT2D eigenvalue weighted by atomic mass is 10.2. The first kappa shape index (κ1) is 19.6. The number of carbonyl (C=O) groups is 2. The SMILES string of the molecule is O=C(COc1ccccc1Cl)N/N=C\c1cccc(OC(=O)c2cccs2)c1. The van der Waals surface area contributed by atoms with E-state index in [1.54, 1.807) is 66.0 Å². The highest BCUT2D eigenvalue weighted by Crippen LogP contribution is 2.22. The van der Waals surface area contributed by atoms with Gasteiger partial charge < -0.3 is 9.47 Å². The Balaban J connectivity index is 1.50. The Bertz CT molecular complexity index is 989. The quantitative estimate of drug-likeness (QED) is 0.273. The van der Waals surface area contributed by atoms with Gasteiger partial charge in [-0.25, -0.2) is 10.2 Å². The van der Waals surface area contributed by atoms with Gasteiger partial charge in [0.1, 0.15) is 16.4 Å². The molecule has 0 fully saturated rings. The molecule has 1 aromatic heterocycles. The van der Waals surface area contributed by atoms with E-state index in [-0.39, 0.29) is 6.61 Å². The van der Waals surface area contributed by atoms with E-state index in [4.69, 9.17) is 21.1 Å². The lowest BCUT2D eigenvalue weighted by Crippen LogP contribution is -2.24. The monoisotopic (exact) mass is 414 g/mol. The molecule has 1 heterocycles. The zero-order valence-electron chi connectivity index (χ0n) is 14.5. The maximum absolute atomic E-state index is 12.0. The molecule has 0 saturated carbocycles. The summed E-state index contributed by atoms with van der Waals surface area (Å²) in [5.41, 5.74) is 3.02. The first-order chi connectivity index (χ1) is 13.6. The molecule has 0 aliphatic rings. The van der Waals surface area contributed by atoms with E-state index in [2.05, 4.69) is 10.5 Å². The summed E-state index contributed by atoms with van der Waals surface area (Å²) in [6, 6.07) is 17.1. The number of benzene rings is 2. The number of hydrogen-bond donors (Lipinski definition) is 1. The van der Waals surface area contributed by atoms with E-state index in [1.165, 1.54) is 17.6 Å². The van der Waals surface area contributed by atoms with Crippen molar-refractivity contribution < 1.29 is 19.1 Å². The van der Waals surface area contributed by atoms with Gasteiger partial charge in [-0.05, 0) is 41.3 Å². The number of para-hydroxylation sites is 1. The van der Waals surface area contributed by atoms with Gasteiger partial charge in [0, 0.05) is 0 Å². The second-order valence-corrected chi connectivity index (χ2v) is 6.81. The standard InChI is InChI=1S/C20H15ClN2O4S/c21-16-7-1-2-8-17(16)26-13-19(24)23-22-12-14-5-3-6-15(11-14)27-20(25)18-9-4-10-28-18/h1-12H,13H2,(H,23,24)/b22-12-. The molecule has 142 valence electrons. The molecule has 0 atom stereocenters. The van der Waals surface area contributed by atoms with E-state index in [1.807, 2.05) is 0 Å². The number of nitrogens with one attached hydrogen (secondary N) is 1. The summed E-state index contributed by atoms with van der Waals surface area (Å²) in [7, 11) is 0. The molecule has 8 heteroatoms. The van der Waals surface area contributed by atoms with Crippen LogP contribution in [0.5, 0.6) is 11.5 Å². The van der Waals surface area contributed by atoms with Gasteiger partial charge in [0.05, 0.1) is 11.2 Å². The van der Waals surface area contributed by atoms with Crippen LogP contribution in [0.2, 0.25) is 5.02 Å². The summed E-state index contributed by atoms with van der Waals surface area (Å²) in [4.78, 5) is 24.3. The molecule has 0 saturated heterocycles. The van der Waals surface area contributed by atoms with Crippen molar-refractivity contribution in [2.24, 2.45) is 5.10 Å². The molecule has 0 aliphatic heterocycles. The molecule has 28 heavy (non-hydrogen) atoms. The molecule has 6 nitrogen and oxygen atoms in total. The van der Waals surface area contributed by atoms with Crippen molar-refractivity contribution in [3.63, 3.8) is 0 Å². The predicted molar refractivity (Wildman–Crippen MR) is 108 cm³/mol. The van der Waals surface area contributed by atoms with E-state index in [0.717, 1.165) is 0 Å². The van der Waals surface area contributed by atoms with Gasteiger partial charge in [-0.15, -0.1) is 11.3 Å². The van der Waals surface area contributed by atoms with Crippen LogP contribution in [0, 0.1) is 0 Å². The summed E-state index contributed by atoms with van der Waals surface area (Å²) in [5, 5.41) is 6.10. The van der Waals surface area contributed by atoms with Gasteiger partial charge >= 0.3 is 5.97 Å². The minimum absolute atomic E-state index is 0.223. The Labute approximate surface area is 170 Å². The normalized spacial score (nSPS) is 10.6. The summed E-state index contributed by atoms with van der Waals surface area (Å²) >= 11 is 7.26. The maximum Gasteiger partial charge on any atom is 0.353 e. The third-order valence-electron chi connectivity index (χ3n) is 3.39. The number of halogens is 1. The fourth-order valence-corrected chi connectivity index (χ4v) is 2.92. The summed E-state index contributed by atoms with van der Waals surface area (Å²) in [5.74, 6) is -0.0511.